The molecule has 0 saturated heterocycles. The molecule has 2 heterocycles. The number of pyridine rings is 2. The molecule has 0 aromatic carbocycles. The summed E-state index contributed by atoms with van der Waals surface area (Å²) in [5.74, 6) is -0.0801. The van der Waals surface area contributed by atoms with Gasteiger partial charge in [0.05, 0.1) is 10.7 Å². The van der Waals surface area contributed by atoms with Crippen LogP contribution in [-0.2, 0) is 12.8 Å². The van der Waals surface area contributed by atoms with Gasteiger partial charge in [-0.1, -0.05) is 31.5 Å². The Hall–Kier alpha value is -1.48. The highest BCUT2D eigenvalue weighted by molar-refractivity contribution is 6.32. The molecule has 0 saturated carbocycles. The van der Waals surface area contributed by atoms with E-state index in [4.69, 9.17) is 11.6 Å². The normalized spacial score (nSPS) is 11.0. The van der Waals surface area contributed by atoms with E-state index in [-0.39, 0.29) is 0 Å². The fraction of sp³-hybridized carbons (Fsp3) is 0.333. The van der Waals surface area contributed by atoms with Crippen LogP contribution in [-0.4, -0.2) is 9.97 Å². The number of aryl methyl sites for hydroxylation is 2. The van der Waals surface area contributed by atoms with Crippen molar-refractivity contribution in [3.8, 4) is 0 Å². The van der Waals surface area contributed by atoms with Gasteiger partial charge in [-0.2, -0.15) is 4.39 Å². The first kappa shape index (κ1) is 13.9. The number of hydrogen-bond acceptors (Lipinski definition) is 2. The Morgan fingerprint density at radius 1 is 1.16 bits per heavy atom. The number of aromatic nitrogens is 2. The highest BCUT2D eigenvalue weighted by Crippen LogP contribution is 2.26. The first-order valence-electron chi connectivity index (χ1n) is 6.31. The average molecular weight is 279 g/mol. The van der Waals surface area contributed by atoms with Crippen LogP contribution in [0.5, 0.6) is 0 Å². The van der Waals surface area contributed by atoms with Crippen molar-refractivity contribution < 1.29 is 4.39 Å². The van der Waals surface area contributed by atoms with Crippen LogP contribution in [0.3, 0.4) is 0 Å². The maximum absolute atomic E-state index is 12.7. The van der Waals surface area contributed by atoms with Gasteiger partial charge >= 0.3 is 0 Å². The molecule has 0 aliphatic heterocycles. The molecule has 2 aromatic rings. The summed E-state index contributed by atoms with van der Waals surface area (Å²) in [6.07, 6.45) is 4.82. The lowest BCUT2D eigenvalue weighted by molar-refractivity contribution is 0.582. The van der Waals surface area contributed by atoms with Gasteiger partial charge in [0.2, 0.25) is 5.95 Å². The SMILES string of the molecule is CC(C)c1ccnc(CCc2ccc(F)nc2)c1Cl. The molecule has 0 unspecified atom stereocenters. The first-order chi connectivity index (χ1) is 9.08. The number of nitrogens with zero attached hydrogens (tertiary/aromatic N) is 2. The van der Waals surface area contributed by atoms with Gasteiger partial charge in [-0.25, -0.2) is 4.98 Å². The molecule has 2 rings (SSSR count). The maximum Gasteiger partial charge on any atom is 0.212 e. The largest absolute Gasteiger partial charge is 0.260 e. The summed E-state index contributed by atoms with van der Waals surface area (Å²) >= 11 is 6.36. The van der Waals surface area contributed by atoms with E-state index in [1.54, 1.807) is 18.5 Å². The van der Waals surface area contributed by atoms with Crippen LogP contribution < -0.4 is 0 Å². The Labute approximate surface area is 117 Å². The summed E-state index contributed by atoms with van der Waals surface area (Å²) in [6, 6.07) is 5.06. The van der Waals surface area contributed by atoms with Crippen molar-refractivity contribution in [1.82, 2.24) is 9.97 Å². The van der Waals surface area contributed by atoms with Crippen molar-refractivity contribution in [3.05, 3.63) is 58.4 Å². The Bertz CT molecular complexity index is 553. The molecule has 100 valence electrons. The van der Waals surface area contributed by atoms with E-state index in [1.165, 1.54) is 6.07 Å². The van der Waals surface area contributed by atoms with E-state index in [0.29, 0.717) is 5.92 Å². The summed E-state index contributed by atoms with van der Waals surface area (Å²) in [7, 11) is 0. The second-order valence-electron chi connectivity index (χ2n) is 4.80. The summed E-state index contributed by atoms with van der Waals surface area (Å²) in [5.41, 5.74) is 2.98. The van der Waals surface area contributed by atoms with Crippen LogP contribution >= 0.6 is 11.6 Å². The molecule has 19 heavy (non-hydrogen) atoms. The highest BCUT2D eigenvalue weighted by atomic mass is 35.5. The summed E-state index contributed by atoms with van der Waals surface area (Å²) in [5, 5.41) is 0.743. The Kier molecular flexibility index (Phi) is 4.48. The van der Waals surface area contributed by atoms with Gasteiger partial charge in [0.15, 0.2) is 0 Å². The van der Waals surface area contributed by atoms with E-state index in [0.717, 1.165) is 34.7 Å². The quantitative estimate of drug-likeness (QED) is 0.784. The lowest BCUT2D eigenvalue weighted by atomic mass is 10.0. The van der Waals surface area contributed by atoms with E-state index < -0.39 is 5.95 Å². The van der Waals surface area contributed by atoms with Gasteiger partial charge in [0.1, 0.15) is 0 Å². The molecule has 0 bridgehead atoms. The zero-order valence-corrected chi connectivity index (χ0v) is 11.8. The minimum Gasteiger partial charge on any atom is -0.260 e. The van der Waals surface area contributed by atoms with Crippen molar-refractivity contribution in [2.45, 2.75) is 32.6 Å². The smallest absolute Gasteiger partial charge is 0.212 e. The molecule has 0 fully saturated rings. The van der Waals surface area contributed by atoms with E-state index in [2.05, 4.69) is 23.8 Å². The fourth-order valence-electron chi connectivity index (χ4n) is 1.94. The van der Waals surface area contributed by atoms with E-state index in [9.17, 15) is 4.39 Å². The van der Waals surface area contributed by atoms with Crippen molar-refractivity contribution in [3.63, 3.8) is 0 Å². The predicted molar refractivity (Wildman–Crippen MR) is 74.9 cm³/mol. The monoisotopic (exact) mass is 278 g/mol. The lowest BCUT2D eigenvalue weighted by Gasteiger charge is -2.11. The molecule has 0 spiro atoms. The lowest BCUT2D eigenvalue weighted by Crippen LogP contribution is -2.00. The third-order valence-corrected chi connectivity index (χ3v) is 3.49. The Morgan fingerprint density at radius 3 is 2.58 bits per heavy atom. The molecule has 0 radical (unpaired) electrons. The zero-order chi connectivity index (χ0) is 13.8. The first-order valence-corrected chi connectivity index (χ1v) is 6.69. The molecule has 0 aliphatic rings. The minimum absolute atomic E-state index is 0.377. The summed E-state index contributed by atoms with van der Waals surface area (Å²) in [6.45, 7) is 4.21. The average Bonchev–Trinajstić information content (AvgIpc) is 2.39. The minimum atomic E-state index is -0.457. The Morgan fingerprint density at radius 2 is 1.95 bits per heavy atom. The Balaban J connectivity index is 2.11. The molecule has 0 atom stereocenters. The van der Waals surface area contributed by atoms with E-state index >= 15 is 0 Å². The predicted octanol–water partition coefficient (Wildman–Crippen LogP) is 4.18. The van der Waals surface area contributed by atoms with Crippen LogP contribution in [0.15, 0.2) is 30.6 Å². The standard InChI is InChI=1S/C15H16ClFN2/c1-10(2)12-7-8-18-13(15(12)16)5-3-11-4-6-14(17)19-9-11/h4,6-10H,3,5H2,1-2H3. The highest BCUT2D eigenvalue weighted by Gasteiger charge is 2.10. The van der Waals surface area contributed by atoms with Crippen molar-refractivity contribution >= 4 is 11.6 Å². The molecular formula is C15H16ClFN2. The van der Waals surface area contributed by atoms with Crippen LogP contribution in [0.25, 0.3) is 0 Å². The number of hydrogen-bond donors (Lipinski definition) is 0. The van der Waals surface area contributed by atoms with Crippen molar-refractivity contribution in [1.29, 1.82) is 0 Å². The second kappa shape index (κ2) is 6.11. The van der Waals surface area contributed by atoms with Gasteiger partial charge in [-0.05, 0) is 42.0 Å². The van der Waals surface area contributed by atoms with Gasteiger partial charge in [-0.3, -0.25) is 4.98 Å². The molecule has 0 aliphatic carbocycles. The molecule has 4 heteroatoms. The van der Waals surface area contributed by atoms with Crippen LogP contribution in [0, 0.1) is 5.95 Å². The number of halogens is 2. The molecular weight excluding hydrogens is 263 g/mol. The van der Waals surface area contributed by atoms with Crippen LogP contribution in [0.1, 0.15) is 36.6 Å². The van der Waals surface area contributed by atoms with Crippen LogP contribution in [0.4, 0.5) is 4.39 Å². The van der Waals surface area contributed by atoms with Gasteiger partial charge in [0, 0.05) is 12.4 Å². The zero-order valence-electron chi connectivity index (χ0n) is 11.0. The molecule has 2 aromatic heterocycles. The second-order valence-corrected chi connectivity index (χ2v) is 5.18. The third-order valence-electron chi connectivity index (χ3n) is 3.05. The van der Waals surface area contributed by atoms with Crippen molar-refractivity contribution in [2.75, 3.05) is 0 Å². The molecule has 0 N–H and O–H groups in total. The molecule has 2 nitrogen and oxygen atoms in total. The van der Waals surface area contributed by atoms with E-state index in [1.807, 2.05) is 6.07 Å². The topological polar surface area (TPSA) is 25.8 Å². The van der Waals surface area contributed by atoms with Crippen molar-refractivity contribution in [2.24, 2.45) is 0 Å². The molecule has 0 amide bonds. The van der Waals surface area contributed by atoms with Crippen LogP contribution in [0.2, 0.25) is 5.02 Å². The summed E-state index contributed by atoms with van der Waals surface area (Å²) < 4.78 is 12.7. The van der Waals surface area contributed by atoms with Gasteiger partial charge in [-0.15, -0.1) is 0 Å². The third kappa shape index (κ3) is 3.51. The number of rotatable bonds is 4. The maximum atomic E-state index is 12.7. The summed E-state index contributed by atoms with van der Waals surface area (Å²) in [4.78, 5) is 7.97. The fourth-order valence-corrected chi connectivity index (χ4v) is 2.37. The van der Waals surface area contributed by atoms with Gasteiger partial charge in [0.25, 0.3) is 0 Å². The van der Waals surface area contributed by atoms with Gasteiger partial charge < -0.3 is 0 Å².